The van der Waals surface area contributed by atoms with Crippen molar-refractivity contribution in [1.82, 2.24) is 9.88 Å². The first-order valence-corrected chi connectivity index (χ1v) is 5.46. The molecule has 0 fully saturated rings. The van der Waals surface area contributed by atoms with Gasteiger partial charge >= 0.3 is 0 Å². The van der Waals surface area contributed by atoms with Crippen LogP contribution in [0.25, 0.3) is 10.9 Å². The molecule has 0 aliphatic rings. The second-order valence-corrected chi connectivity index (χ2v) is 3.99. The van der Waals surface area contributed by atoms with E-state index in [-0.39, 0.29) is 12.5 Å². The van der Waals surface area contributed by atoms with Crippen molar-refractivity contribution in [1.29, 1.82) is 0 Å². The predicted molar refractivity (Wildman–Crippen MR) is 68.5 cm³/mol. The second-order valence-electron chi connectivity index (χ2n) is 3.99. The SMILES string of the molecule is C#CCNC(=O)Cn1ccc2cc(C)ccc21. The van der Waals surface area contributed by atoms with E-state index in [2.05, 4.69) is 24.2 Å². The maximum absolute atomic E-state index is 11.6. The quantitative estimate of drug-likeness (QED) is 0.794. The number of nitrogens with one attached hydrogen (secondary N) is 1. The molecule has 2 rings (SSSR count). The Morgan fingerprint density at radius 1 is 1.47 bits per heavy atom. The summed E-state index contributed by atoms with van der Waals surface area (Å²) in [5, 5.41) is 3.80. The van der Waals surface area contributed by atoms with Gasteiger partial charge in [0.2, 0.25) is 5.91 Å². The first-order valence-electron chi connectivity index (χ1n) is 5.46. The number of benzene rings is 1. The van der Waals surface area contributed by atoms with Crippen molar-refractivity contribution >= 4 is 16.8 Å². The molecule has 0 atom stereocenters. The number of fused-ring (bicyclic) bond motifs is 1. The largest absolute Gasteiger partial charge is 0.344 e. The van der Waals surface area contributed by atoms with Gasteiger partial charge in [0.05, 0.1) is 6.54 Å². The van der Waals surface area contributed by atoms with Gasteiger partial charge < -0.3 is 9.88 Å². The molecule has 1 N–H and O–H groups in total. The van der Waals surface area contributed by atoms with Crippen LogP contribution in [0, 0.1) is 19.3 Å². The molecule has 0 bridgehead atoms. The highest BCUT2D eigenvalue weighted by Crippen LogP contribution is 2.17. The molecule has 86 valence electrons. The van der Waals surface area contributed by atoms with Gasteiger partial charge in [0.25, 0.3) is 0 Å². The number of amides is 1. The van der Waals surface area contributed by atoms with Crippen LogP contribution in [-0.4, -0.2) is 17.0 Å². The zero-order chi connectivity index (χ0) is 12.3. The van der Waals surface area contributed by atoms with Crippen LogP contribution in [-0.2, 0) is 11.3 Å². The molecule has 0 radical (unpaired) electrons. The van der Waals surface area contributed by atoms with Crippen LogP contribution in [0.5, 0.6) is 0 Å². The van der Waals surface area contributed by atoms with Crippen molar-refractivity contribution in [3.63, 3.8) is 0 Å². The lowest BCUT2D eigenvalue weighted by atomic mass is 10.2. The molecule has 3 nitrogen and oxygen atoms in total. The number of carbonyl (C=O) groups is 1. The van der Waals surface area contributed by atoms with Crippen LogP contribution in [0.15, 0.2) is 30.5 Å². The van der Waals surface area contributed by atoms with E-state index in [1.165, 1.54) is 5.56 Å². The number of aryl methyl sites for hydroxylation is 1. The number of hydrogen-bond donors (Lipinski definition) is 1. The topological polar surface area (TPSA) is 34.0 Å². The minimum atomic E-state index is -0.0685. The Bertz CT molecular complexity index is 590. The summed E-state index contributed by atoms with van der Waals surface area (Å²) in [5.74, 6) is 2.31. The fourth-order valence-corrected chi connectivity index (χ4v) is 1.82. The highest BCUT2D eigenvalue weighted by Gasteiger charge is 2.05. The molecule has 1 heterocycles. The van der Waals surface area contributed by atoms with Gasteiger partial charge in [-0.15, -0.1) is 6.42 Å². The Labute approximate surface area is 100 Å². The maximum atomic E-state index is 11.6. The Hall–Kier alpha value is -2.21. The summed E-state index contributed by atoms with van der Waals surface area (Å²) in [6.45, 7) is 2.63. The molecule has 0 saturated heterocycles. The molecule has 0 aliphatic carbocycles. The van der Waals surface area contributed by atoms with Gasteiger partial charge in [0.1, 0.15) is 6.54 Å². The van der Waals surface area contributed by atoms with Crippen LogP contribution in [0.1, 0.15) is 5.56 Å². The average molecular weight is 226 g/mol. The lowest BCUT2D eigenvalue weighted by Crippen LogP contribution is -2.27. The number of carbonyl (C=O) groups excluding carboxylic acids is 1. The van der Waals surface area contributed by atoms with Crippen molar-refractivity contribution in [2.75, 3.05) is 6.54 Å². The van der Waals surface area contributed by atoms with Crippen molar-refractivity contribution in [3.05, 3.63) is 36.0 Å². The Kier molecular flexibility index (Phi) is 3.15. The molecular formula is C14H14N2O. The number of hydrogen-bond acceptors (Lipinski definition) is 1. The number of aromatic nitrogens is 1. The van der Waals surface area contributed by atoms with Crippen LogP contribution in [0.4, 0.5) is 0 Å². The number of terminal acetylenes is 1. The van der Waals surface area contributed by atoms with Crippen molar-refractivity contribution in [2.24, 2.45) is 0 Å². The molecule has 1 amide bonds. The van der Waals surface area contributed by atoms with Gasteiger partial charge in [-0.1, -0.05) is 17.6 Å². The standard InChI is InChI=1S/C14H14N2O/c1-3-7-15-14(17)10-16-8-6-12-9-11(2)4-5-13(12)16/h1,4-6,8-9H,7,10H2,2H3,(H,15,17). The summed E-state index contributed by atoms with van der Waals surface area (Å²) >= 11 is 0. The molecule has 0 spiro atoms. The average Bonchev–Trinajstić information content (AvgIpc) is 2.69. The lowest BCUT2D eigenvalue weighted by Gasteiger charge is -2.05. The summed E-state index contributed by atoms with van der Waals surface area (Å²) in [6, 6.07) is 8.18. The van der Waals surface area contributed by atoms with Gasteiger partial charge in [0, 0.05) is 11.7 Å². The van der Waals surface area contributed by atoms with E-state index in [1.54, 1.807) is 0 Å². The van der Waals surface area contributed by atoms with Crippen LogP contribution in [0.2, 0.25) is 0 Å². The molecular weight excluding hydrogens is 212 g/mol. The van der Waals surface area contributed by atoms with Crippen LogP contribution >= 0.6 is 0 Å². The summed E-state index contributed by atoms with van der Waals surface area (Å²) in [4.78, 5) is 11.6. The molecule has 0 saturated carbocycles. The molecule has 0 aliphatic heterocycles. The summed E-state index contributed by atoms with van der Waals surface area (Å²) < 4.78 is 1.92. The van der Waals surface area contributed by atoms with Gasteiger partial charge in [-0.2, -0.15) is 0 Å². The van der Waals surface area contributed by atoms with E-state index in [1.807, 2.05) is 29.0 Å². The first-order chi connectivity index (χ1) is 8.20. The van der Waals surface area contributed by atoms with Gasteiger partial charge in [0.15, 0.2) is 0 Å². The zero-order valence-corrected chi connectivity index (χ0v) is 9.73. The molecule has 1 aromatic heterocycles. The third-order valence-corrected chi connectivity index (χ3v) is 2.63. The van der Waals surface area contributed by atoms with E-state index in [9.17, 15) is 4.79 Å². The Balaban J connectivity index is 2.20. The Morgan fingerprint density at radius 3 is 3.06 bits per heavy atom. The van der Waals surface area contributed by atoms with Gasteiger partial charge in [-0.25, -0.2) is 0 Å². The predicted octanol–water partition coefficient (Wildman–Crippen LogP) is 1.70. The summed E-state index contributed by atoms with van der Waals surface area (Å²) in [7, 11) is 0. The fourth-order valence-electron chi connectivity index (χ4n) is 1.82. The molecule has 17 heavy (non-hydrogen) atoms. The molecule has 2 aromatic rings. The van der Waals surface area contributed by atoms with Crippen LogP contribution < -0.4 is 5.32 Å². The minimum absolute atomic E-state index is 0.0685. The van der Waals surface area contributed by atoms with Crippen molar-refractivity contribution < 1.29 is 4.79 Å². The first kappa shape index (κ1) is 11.3. The van der Waals surface area contributed by atoms with E-state index < -0.39 is 0 Å². The number of nitrogens with zero attached hydrogens (tertiary/aromatic N) is 1. The van der Waals surface area contributed by atoms with E-state index in [4.69, 9.17) is 6.42 Å². The minimum Gasteiger partial charge on any atom is -0.344 e. The fraction of sp³-hybridized carbons (Fsp3) is 0.214. The van der Waals surface area contributed by atoms with E-state index in [0.717, 1.165) is 10.9 Å². The number of rotatable bonds is 3. The van der Waals surface area contributed by atoms with Gasteiger partial charge in [-0.3, -0.25) is 4.79 Å². The molecule has 0 unspecified atom stereocenters. The lowest BCUT2D eigenvalue weighted by molar-refractivity contribution is -0.121. The molecule has 3 heteroatoms. The summed E-state index contributed by atoms with van der Waals surface area (Å²) in [5.41, 5.74) is 2.28. The highest BCUT2D eigenvalue weighted by molar-refractivity contribution is 5.83. The second kappa shape index (κ2) is 4.75. The highest BCUT2D eigenvalue weighted by atomic mass is 16.1. The van der Waals surface area contributed by atoms with Gasteiger partial charge in [-0.05, 0) is 30.5 Å². The third-order valence-electron chi connectivity index (χ3n) is 2.63. The summed E-state index contributed by atoms with van der Waals surface area (Å²) in [6.07, 6.45) is 7.00. The van der Waals surface area contributed by atoms with Crippen LogP contribution in [0.3, 0.4) is 0 Å². The Morgan fingerprint density at radius 2 is 2.29 bits per heavy atom. The zero-order valence-electron chi connectivity index (χ0n) is 9.73. The van der Waals surface area contributed by atoms with E-state index in [0.29, 0.717) is 6.54 Å². The molecule has 1 aromatic carbocycles. The third kappa shape index (κ3) is 2.48. The monoisotopic (exact) mass is 226 g/mol. The van der Waals surface area contributed by atoms with Crippen molar-refractivity contribution in [2.45, 2.75) is 13.5 Å². The normalized spacial score (nSPS) is 10.1. The maximum Gasteiger partial charge on any atom is 0.240 e. The van der Waals surface area contributed by atoms with E-state index >= 15 is 0 Å². The smallest absolute Gasteiger partial charge is 0.240 e. The van der Waals surface area contributed by atoms with Crippen molar-refractivity contribution in [3.8, 4) is 12.3 Å².